The summed E-state index contributed by atoms with van der Waals surface area (Å²) < 4.78 is 34.5. The third-order valence-corrected chi connectivity index (χ3v) is 2.33. The van der Waals surface area contributed by atoms with Gasteiger partial charge in [0.25, 0.3) is 6.43 Å². The van der Waals surface area contributed by atoms with E-state index in [2.05, 4.69) is 20.8 Å². The predicted molar refractivity (Wildman–Crippen MR) is 67.7 cm³/mol. The molecule has 0 saturated heterocycles. The molecule has 0 spiro atoms. The zero-order valence-electron chi connectivity index (χ0n) is 11.3. The van der Waals surface area contributed by atoms with Crippen molar-refractivity contribution in [2.75, 3.05) is 13.7 Å². The molecule has 0 aliphatic carbocycles. The summed E-state index contributed by atoms with van der Waals surface area (Å²) in [6.07, 6.45) is -1.64. The number of hydrogen-bond donors (Lipinski definition) is 0. The average molecular weight is 258 g/mol. The first-order valence-corrected chi connectivity index (χ1v) is 5.89. The monoisotopic (exact) mass is 258 g/mol. The summed E-state index contributed by atoms with van der Waals surface area (Å²) >= 11 is 0. The number of rotatable bonds is 5. The molecule has 0 amide bonds. The van der Waals surface area contributed by atoms with Crippen molar-refractivity contribution in [3.8, 4) is 11.5 Å². The van der Waals surface area contributed by atoms with Crippen LogP contribution in [0.1, 0.15) is 26.3 Å². The minimum atomic E-state index is -2.49. The van der Waals surface area contributed by atoms with Crippen molar-refractivity contribution in [3.63, 3.8) is 0 Å². The van der Waals surface area contributed by atoms with Crippen LogP contribution in [0.5, 0.6) is 11.5 Å². The number of hydrogen-bond acceptors (Lipinski definition) is 2. The van der Waals surface area contributed by atoms with Gasteiger partial charge < -0.3 is 9.47 Å². The Labute approximate surface area is 107 Å². The first kappa shape index (κ1) is 14.7. The fourth-order valence-electron chi connectivity index (χ4n) is 1.71. The second-order valence-electron chi connectivity index (χ2n) is 5.42. The van der Waals surface area contributed by atoms with Crippen molar-refractivity contribution in [2.45, 2.75) is 33.6 Å². The molecule has 0 bridgehead atoms. The second kappa shape index (κ2) is 6.03. The van der Waals surface area contributed by atoms with Gasteiger partial charge in [-0.2, -0.15) is 0 Å². The Balaban J connectivity index is 2.87. The zero-order chi connectivity index (χ0) is 13.8. The molecule has 0 saturated carbocycles. The lowest BCUT2D eigenvalue weighted by atomic mass is 9.88. The largest absolute Gasteiger partial charge is 0.493 e. The fourth-order valence-corrected chi connectivity index (χ4v) is 1.71. The predicted octanol–water partition coefficient (Wildman–Crippen LogP) is 3.93. The molecular weight excluding hydrogens is 238 g/mol. The van der Waals surface area contributed by atoms with E-state index < -0.39 is 13.0 Å². The van der Waals surface area contributed by atoms with E-state index in [4.69, 9.17) is 9.47 Å². The van der Waals surface area contributed by atoms with Crippen LogP contribution < -0.4 is 9.47 Å². The van der Waals surface area contributed by atoms with E-state index >= 15 is 0 Å². The molecule has 0 heterocycles. The maximum Gasteiger partial charge on any atom is 0.272 e. The Morgan fingerprint density at radius 1 is 1.17 bits per heavy atom. The van der Waals surface area contributed by atoms with Crippen molar-refractivity contribution in [2.24, 2.45) is 5.41 Å². The van der Waals surface area contributed by atoms with E-state index in [-0.39, 0.29) is 5.41 Å². The number of ether oxygens (including phenoxy) is 2. The minimum Gasteiger partial charge on any atom is -0.493 e. The van der Waals surface area contributed by atoms with Gasteiger partial charge in [0, 0.05) is 0 Å². The highest BCUT2D eigenvalue weighted by molar-refractivity contribution is 5.43. The molecule has 0 N–H and O–H groups in total. The number of methoxy groups -OCH3 is 1. The summed E-state index contributed by atoms with van der Waals surface area (Å²) in [6.45, 7) is 5.75. The van der Waals surface area contributed by atoms with Crippen molar-refractivity contribution < 1.29 is 18.3 Å². The van der Waals surface area contributed by atoms with Gasteiger partial charge in [-0.05, 0) is 29.5 Å². The molecule has 0 aliphatic rings. The Morgan fingerprint density at radius 3 is 2.33 bits per heavy atom. The molecule has 0 aromatic heterocycles. The lowest BCUT2D eigenvalue weighted by Crippen LogP contribution is -2.11. The smallest absolute Gasteiger partial charge is 0.272 e. The third-order valence-electron chi connectivity index (χ3n) is 2.33. The van der Waals surface area contributed by atoms with Gasteiger partial charge in [-0.3, -0.25) is 0 Å². The number of halogens is 2. The van der Waals surface area contributed by atoms with Crippen LogP contribution in [0.4, 0.5) is 8.78 Å². The molecule has 0 unspecified atom stereocenters. The van der Waals surface area contributed by atoms with E-state index in [1.165, 1.54) is 7.11 Å². The maximum atomic E-state index is 12.2. The summed E-state index contributed by atoms with van der Waals surface area (Å²) in [5.74, 6) is 0.854. The Morgan fingerprint density at radius 2 is 1.83 bits per heavy atom. The van der Waals surface area contributed by atoms with E-state index in [9.17, 15) is 8.78 Å². The van der Waals surface area contributed by atoms with E-state index in [1.54, 1.807) is 12.1 Å². The summed E-state index contributed by atoms with van der Waals surface area (Å²) in [4.78, 5) is 0. The SMILES string of the molecule is COc1ccc(CC(C)(C)C)cc1OCC(F)F. The normalized spacial score (nSPS) is 11.7. The standard InChI is InChI=1S/C14H20F2O2/c1-14(2,3)8-10-5-6-11(17-4)12(7-10)18-9-13(15)16/h5-7,13H,8-9H2,1-4H3. The van der Waals surface area contributed by atoms with E-state index in [1.807, 2.05) is 6.07 Å². The summed E-state index contributed by atoms with van der Waals surface area (Å²) in [5, 5.41) is 0. The molecule has 0 radical (unpaired) electrons. The molecule has 0 fully saturated rings. The van der Waals surface area contributed by atoms with Crippen molar-refractivity contribution in [1.82, 2.24) is 0 Å². The third kappa shape index (κ3) is 4.90. The molecule has 102 valence electrons. The highest BCUT2D eigenvalue weighted by Gasteiger charge is 2.14. The molecule has 18 heavy (non-hydrogen) atoms. The van der Waals surface area contributed by atoms with Gasteiger partial charge in [-0.15, -0.1) is 0 Å². The molecular formula is C14H20F2O2. The average Bonchev–Trinajstić information content (AvgIpc) is 2.24. The number of alkyl halides is 2. The molecule has 2 nitrogen and oxygen atoms in total. The quantitative estimate of drug-likeness (QED) is 0.796. The van der Waals surface area contributed by atoms with Gasteiger partial charge in [-0.1, -0.05) is 26.8 Å². The lowest BCUT2D eigenvalue weighted by molar-refractivity contribution is 0.0804. The molecule has 4 heteroatoms. The fraction of sp³-hybridized carbons (Fsp3) is 0.571. The van der Waals surface area contributed by atoms with Crippen LogP contribution in [0.3, 0.4) is 0 Å². The topological polar surface area (TPSA) is 18.5 Å². The first-order valence-electron chi connectivity index (χ1n) is 5.89. The molecule has 1 rings (SSSR count). The summed E-state index contributed by atoms with van der Waals surface area (Å²) in [5.41, 5.74) is 1.18. The Bertz CT molecular complexity index is 384. The van der Waals surface area contributed by atoms with Crippen LogP contribution >= 0.6 is 0 Å². The van der Waals surface area contributed by atoms with Crippen LogP contribution in [-0.2, 0) is 6.42 Å². The van der Waals surface area contributed by atoms with Crippen LogP contribution in [-0.4, -0.2) is 20.1 Å². The zero-order valence-corrected chi connectivity index (χ0v) is 11.3. The summed E-state index contributed by atoms with van der Waals surface area (Å²) in [7, 11) is 1.49. The van der Waals surface area contributed by atoms with Crippen LogP contribution in [0, 0.1) is 5.41 Å². The second-order valence-corrected chi connectivity index (χ2v) is 5.42. The van der Waals surface area contributed by atoms with E-state index in [0.29, 0.717) is 11.5 Å². The molecule has 1 aromatic carbocycles. The van der Waals surface area contributed by atoms with Crippen LogP contribution in [0.15, 0.2) is 18.2 Å². The van der Waals surface area contributed by atoms with Gasteiger partial charge in [0.2, 0.25) is 0 Å². The van der Waals surface area contributed by atoms with Crippen molar-refractivity contribution in [1.29, 1.82) is 0 Å². The van der Waals surface area contributed by atoms with Crippen molar-refractivity contribution in [3.05, 3.63) is 23.8 Å². The van der Waals surface area contributed by atoms with Gasteiger partial charge in [0.15, 0.2) is 11.5 Å². The molecule has 1 aromatic rings. The number of benzene rings is 1. The highest BCUT2D eigenvalue weighted by atomic mass is 19.3. The highest BCUT2D eigenvalue weighted by Crippen LogP contribution is 2.31. The van der Waals surface area contributed by atoms with Gasteiger partial charge in [0.1, 0.15) is 6.61 Å². The first-order chi connectivity index (χ1) is 8.31. The van der Waals surface area contributed by atoms with Gasteiger partial charge >= 0.3 is 0 Å². The van der Waals surface area contributed by atoms with Crippen LogP contribution in [0.25, 0.3) is 0 Å². The maximum absolute atomic E-state index is 12.2. The van der Waals surface area contributed by atoms with Gasteiger partial charge in [0.05, 0.1) is 7.11 Å². The van der Waals surface area contributed by atoms with Crippen LogP contribution in [0.2, 0.25) is 0 Å². The van der Waals surface area contributed by atoms with Crippen molar-refractivity contribution >= 4 is 0 Å². The van der Waals surface area contributed by atoms with E-state index in [0.717, 1.165) is 12.0 Å². The van der Waals surface area contributed by atoms with Gasteiger partial charge in [-0.25, -0.2) is 8.78 Å². The Kier molecular flexibility index (Phi) is 4.93. The Hall–Kier alpha value is -1.32. The lowest BCUT2D eigenvalue weighted by Gasteiger charge is -2.19. The molecule has 0 atom stereocenters. The summed E-state index contributed by atoms with van der Waals surface area (Å²) in [6, 6.07) is 5.45. The minimum absolute atomic E-state index is 0.134. The molecule has 0 aliphatic heterocycles.